The van der Waals surface area contributed by atoms with Crippen molar-refractivity contribution in [2.24, 2.45) is 0 Å². The molecule has 1 atom stereocenters. The van der Waals surface area contributed by atoms with Crippen LogP contribution in [0.5, 0.6) is 0 Å². The Morgan fingerprint density at radius 1 is 1.24 bits per heavy atom. The molecule has 5 nitrogen and oxygen atoms in total. The van der Waals surface area contributed by atoms with E-state index in [4.69, 9.17) is 16.1 Å². The molecule has 128 valence electrons. The van der Waals surface area contributed by atoms with E-state index in [0.717, 1.165) is 10.5 Å². The standard InChI is InChI=1S/C18H16ClN3O2S/c1-12(20-16(23)11-25-15-8-3-2-4-9-15)18-21-17(22-24-18)13-6-5-7-14(19)10-13/h2-10,12H,11H2,1H3,(H,20,23). The number of hydrogen-bond donors (Lipinski definition) is 1. The number of thioether (sulfide) groups is 1. The normalized spacial score (nSPS) is 11.9. The largest absolute Gasteiger partial charge is 0.344 e. The fraction of sp³-hybridized carbons (Fsp3) is 0.167. The summed E-state index contributed by atoms with van der Waals surface area (Å²) in [5.74, 6) is 1.03. The van der Waals surface area contributed by atoms with Crippen LogP contribution >= 0.6 is 23.4 Å². The van der Waals surface area contributed by atoms with Crippen LogP contribution in [0.3, 0.4) is 0 Å². The van der Waals surface area contributed by atoms with Crippen molar-refractivity contribution in [1.29, 1.82) is 0 Å². The van der Waals surface area contributed by atoms with Crippen LogP contribution in [0.2, 0.25) is 5.02 Å². The van der Waals surface area contributed by atoms with Gasteiger partial charge in [0, 0.05) is 15.5 Å². The number of nitrogens with zero attached hydrogens (tertiary/aromatic N) is 2. The lowest BCUT2D eigenvalue weighted by molar-refractivity contribution is -0.119. The number of hydrogen-bond acceptors (Lipinski definition) is 5. The van der Waals surface area contributed by atoms with Gasteiger partial charge >= 0.3 is 0 Å². The van der Waals surface area contributed by atoms with Crippen molar-refractivity contribution < 1.29 is 9.32 Å². The highest BCUT2D eigenvalue weighted by molar-refractivity contribution is 8.00. The fourth-order valence-corrected chi connectivity index (χ4v) is 3.09. The van der Waals surface area contributed by atoms with E-state index in [1.165, 1.54) is 11.8 Å². The van der Waals surface area contributed by atoms with Gasteiger partial charge in [-0.15, -0.1) is 11.8 Å². The molecule has 3 rings (SSSR count). The van der Waals surface area contributed by atoms with Gasteiger partial charge < -0.3 is 9.84 Å². The summed E-state index contributed by atoms with van der Waals surface area (Å²) in [4.78, 5) is 17.5. The van der Waals surface area contributed by atoms with Gasteiger partial charge in [-0.25, -0.2) is 0 Å². The summed E-state index contributed by atoms with van der Waals surface area (Å²) in [6.45, 7) is 1.81. The molecule has 0 fully saturated rings. The molecule has 1 aromatic heterocycles. The van der Waals surface area contributed by atoms with Gasteiger partial charge in [0.25, 0.3) is 0 Å². The maximum Gasteiger partial charge on any atom is 0.249 e. The number of benzene rings is 2. The molecule has 0 aliphatic rings. The minimum absolute atomic E-state index is 0.0936. The van der Waals surface area contributed by atoms with Crippen molar-refractivity contribution in [2.75, 3.05) is 5.75 Å². The maximum atomic E-state index is 12.1. The van der Waals surface area contributed by atoms with Crippen molar-refractivity contribution in [3.63, 3.8) is 0 Å². The molecule has 2 aromatic carbocycles. The predicted octanol–water partition coefficient (Wildman–Crippen LogP) is 4.36. The molecule has 3 aromatic rings. The Morgan fingerprint density at radius 3 is 2.80 bits per heavy atom. The number of amides is 1. The van der Waals surface area contributed by atoms with Crippen molar-refractivity contribution in [3.8, 4) is 11.4 Å². The van der Waals surface area contributed by atoms with Crippen LogP contribution in [0.15, 0.2) is 64.0 Å². The molecule has 7 heteroatoms. The molecular weight excluding hydrogens is 358 g/mol. The van der Waals surface area contributed by atoms with Crippen LogP contribution < -0.4 is 5.32 Å². The summed E-state index contributed by atoms with van der Waals surface area (Å²) in [7, 11) is 0. The summed E-state index contributed by atoms with van der Waals surface area (Å²) >= 11 is 7.45. The van der Waals surface area contributed by atoms with Crippen molar-refractivity contribution in [3.05, 3.63) is 65.5 Å². The minimum atomic E-state index is -0.371. The van der Waals surface area contributed by atoms with E-state index in [-0.39, 0.29) is 11.9 Å². The molecule has 0 aliphatic carbocycles. The highest BCUT2D eigenvalue weighted by atomic mass is 35.5. The van der Waals surface area contributed by atoms with Gasteiger partial charge in [0.05, 0.1) is 5.75 Å². The van der Waals surface area contributed by atoms with Gasteiger partial charge in [0.15, 0.2) is 0 Å². The number of halogens is 1. The SMILES string of the molecule is CC(NC(=O)CSc1ccccc1)c1nc(-c2cccc(Cl)c2)no1. The lowest BCUT2D eigenvalue weighted by atomic mass is 10.2. The van der Waals surface area contributed by atoms with E-state index in [9.17, 15) is 4.79 Å². The average molecular weight is 374 g/mol. The van der Waals surface area contributed by atoms with E-state index in [0.29, 0.717) is 22.5 Å². The Morgan fingerprint density at radius 2 is 2.04 bits per heavy atom. The second kappa shape index (κ2) is 8.18. The highest BCUT2D eigenvalue weighted by Crippen LogP contribution is 2.22. The third-order valence-corrected chi connectivity index (χ3v) is 4.63. The van der Waals surface area contributed by atoms with Gasteiger partial charge in [-0.05, 0) is 31.2 Å². The molecule has 0 bridgehead atoms. The molecule has 1 amide bonds. The van der Waals surface area contributed by atoms with Crippen molar-refractivity contribution in [1.82, 2.24) is 15.5 Å². The van der Waals surface area contributed by atoms with Crippen LogP contribution in [0.4, 0.5) is 0 Å². The number of aromatic nitrogens is 2. The van der Waals surface area contributed by atoms with E-state index < -0.39 is 0 Å². The van der Waals surface area contributed by atoms with Gasteiger partial charge in [0.2, 0.25) is 17.6 Å². The van der Waals surface area contributed by atoms with E-state index in [1.54, 1.807) is 19.1 Å². The Bertz CT molecular complexity index is 854. The number of rotatable bonds is 6. The molecule has 0 saturated carbocycles. The zero-order chi connectivity index (χ0) is 17.6. The first-order valence-corrected chi connectivity index (χ1v) is 9.05. The molecule has 0 saturated heterocycles. The van der Waals surface area contributed by atoms with Gasteiger partial charge in [-0.3, -0.25) is 4.79 Å². The van der Waals surface area contributed by atoms with Crippen LogP contribution in [0, 0.1) is 0 Å². The molecule has 25 heavy (non-hydrogen) atoms. The van der Waals surface area contributed by atoms with Gasteiger partial charge in [-0.1, -0.05) is 47.1 Å². The first-order chi connectivity index (χ1) is 12.1. The minimum Gasteiger partial charge on any atom is -0.344 e. The Labute approximate surface area is 154 Å². The van der Waals surface area contributed by atoms with Gasteiger partial charge in [-0.2, -0.15) is 4.98 Å². The van der Waals surface area contributed by atoms with Crippen LogP contribution in [-0.2, 0) is 4.79 Å². The zero-order valence-electron chi connectivity index (χ0n) is 13.5. The Balaban J connectivity index is 1.58. The monoisotopic (exact) mass is 373 g/mol. The molecule has 1 N–H and O–H groups in total. The highest BCUT2D eigenvalue weighted by Gasteiger charge is 2.17. The van der Waals surface area contributed by atoms with E-state index >= 15 is 0 Å². The van der Waals surface area contributed by atoms with Crippen molar-refractivity contribution in [2.45, 2.75) is 17.9 Å². The summed E-state index contributed by atoms with van der Waals surface area (Å²) in [5, 5.41) is 7.41. The maximum absolute atomic E-state index is 12.1. The first kappa shape index (κ1) is 17.5. The van der Waals surface area contributed by atoms with Crippen LogP contribution in [0.1, 0.15) is 18.9 Å². The van der Waals surface area contributed by atoms with Crippen LogP contribution in [0.25, 0.3) is 11.4 Å². The lowest BCUT2D eigenvalue weighted by Gasteiger charge is -2.09. The molecule has 0 aliphatic heterocycles. The lowest BCUT2D eigenvalue weighted by Crippen LogP contribution is -2.28. The first-order valence-electron chi connectivity index (χ1n) is 7.68. The summed E-state index contributed by atoms with van der Waals surface area (Å²) < 4.78 is 5.26. The third-order valence-electron chi connectivity index (χ3n) is 3.39. The molecule has 0 radical (unpaired) electrons. The summed E-state index contributed by atoms with van der Waals surface area (Å²) in [6.07, 6.45) is 0. The molecular formula is C18H16ClN3O2S. The smallest absolute Gasteiger partial charge is 0.249 e. The number of nitrogens with one attached hydrogen (secondary N) is 1. The second-order valence-electron chi connectivity index (χ2n) is 5.36. The van der Waals surface area contributed by atoms with Crippen LogP contribution in [-0.4, -0.2) is 21.8 Å². The topological polar surface area (TPSA) is 68.0 Å². The van der Waals surface area contributed by atoms with Crippen molar-refractivity contribution >= 4 is 29.3 Å². The zero-order valence-corrected chi connectivity index (χ0v) is 15.1. The Hall–Kier alpha value is -2.31. The average Bonchev–Trinajstić information content (AvgIpc) is 3.11. The summed E-state index contributed by atoms with van der Waals surface area (Å²) in [5.41, 5.74) is 0.764. The molecule has 1 heterocycles. The quantitative estimate of drug-likeness (QED) is 0.650. The fourth-order valence-electron chi connectivity index (χ4n) is 2.17. The third kappa shape index (κ3) is 4.84. The molecule has 1 unspecified atom stereocenters. The van der Waals surface area contributed by atoms with E-state index in [1.807, 2.05) is 42.5 Å². The molecule has 0 spiro atoms. The van der Waals surface area contributed by atoms with E-state index in [2.05, 4.69) is 15.5 Å². The number of carbonyl (C=O) groups is 1. The van der Waals surface area contributed by atoms with Gasteiger partial charge in [0.1, 0.15) is 6.04 Å². The number of carbonyl (C=O) groups excluding carboxylic acids is 1. The Kier molecular flexibility index (Phi) is 5.73. The summed E-state index contributed by atoms with van der Waals surface area (Å²) in [6, 6.07) is 16.6. The second-order valence-corrected chi connectivity index (χ2v) is 6.84. The predicted molar refractivity (Wildman–Crippen MR) is 98.5 cm³/mol.